The summed E-state index contributed by atoms with van der Waals surface area (Å²) in [6.45, 7) is 9.11. The fourth-order valence-electron chi connectivity index (χ4n) is 9.20. The van der Waals surface area contributed by atoms with Crippen molar-refractivity contribution in [3.05, 3.63) is 47.5 Å². The first-order valence-corrected chi connectivity index (χ1v) is 14.6. The maximum absolute atomic E-state index is 13.2. The number of aliphatic hydroxyl groups is 2. The second-order valence-electron chi connectivity index (χ2n) is 13.5. The molecule has 10 heteroatoms. The molecular formula is C32H40O10. The van der Waals surface area contributed by atoms with E-state index in [0.29, 0.717) is 17.6 Å². The van der Waals surface area contributed by atoms with E-state index < -0.39 is 75.5 Å². The van der Waals surface area contributed by atoms with Gasteiger partial charge in [-0.3, -0.25) is 9.59 Å². The molecule has 3 aliphatic carbocycles. The molecule has 1 aromatic rings. The Kier molecular flexibility index (Phi) is 6.43. The van der Waals surface area contributed by atoms with E-state index in [2.05, 4.69) is 0 Å². The normalized spacial score (nSPS) is 45.7. The van der Waals surface area contributed by atoms with Crippen molar-refractivity contribution in [2.75, 3.05) is 13.7 Å². The van der Waals surface area contributed by atoms with Gasteiger partial charge in [0.25, 0.3) is 0 Å². The van der Waals surface area contributed by atoms with Crippen LogP contribution in [0.5, 0.6) is 0 Å². The molecule has 1 aromatic heterocycles. The first kappa shape index (κ1) is 29.1. The van der Waals surface area contributed by atoms with Crippen LogP contribution in [0.1, 0.15) is 72.0 Å². The predicted octanol–water partition coefficient (Wildman–Crippen LogP) is 3.77. The molecule has 10 unspecified atom stereocenters. The van der Waals surface area contributed by atoms with Crippen molar-refractivity contribution in [2.45, 2.75) is 83.9 Å². The number of hydrogen-bond donors (Lipinski definition) is 2. The van der Waals surface area contributed by atoms with Crippen LogP contribution in [0, 0.1) is 34.0 Å². The summed E-state index contributed by atoms with van der Waals surface area (Å²) in [5.74, 6) is -5.44. The maximum atomic E-state index is 13.2. The Morgan fingerprint density at radius 1 is 1.17 bits per heavy atom. The molecule has 3 aliphatic heterocycles. The van der Waals surface area contributed by atoms with Gasteiger partial charge in [-0.25, -0.2) is 4.79 Å². The molecule has 4 heterocycles. The summed E-state index contributed by atoms with van der Waals surface area (Å²) in [6, 6.07) is 1.78. The standard InChI is InChI=1S/C32H40O10/c1-7-17(2)27(35)42-26-21-12-20-19-13-24(34)41-25(18-8-11-39-15-18)28(19,3)9-10-31(20,36)30(5)22(14-23(33)38-6)29(26,4)16-40-32(21,30)37/h7-8,11-12,15,19,21-22,25-26,36-37H,9-10,13-14,16H2,1-6H3. The maximum Gasteiger partial charge on any atom is 0.333 e. The largest absolute Gasteiger partial charge is 0.472 e. The van der Waals surface area contributed by atoms with Gasteiger partial charge >= 0.3 is 17.9 Å². The van der Waals surface area contributed by atoms with Crippen molar-refractivity contribution in [1.82, 2.24) is 0 Å². The summed E-state index contributed by atoms with van der Waals surface area (Å²) in [5.41, 5.74) is -2.89. The first-order valence-electron chi connectivity index (χ1n) is 14.6. The van der Waals surface area contributed by atoms with E-state index >= 15 is 0 Å². The van der Waals surface area contributed by atoms with E-state index in [4.69, 9.17) is 23.4 Å². The fraction of sp³-hybridized carbons (Fsp3) is 0.656. The molecule has 10 nitrogen and oxygen atoms in total. The zero-order chi connectivity index (χ0) is 30.5. The third kappa shape index (κ3) is 3.46. The number of carbonyl (C=O) groups is 3. The number of rotatable bonds is 5. The molecule has 6 aliphatic rings. The molecule has 42 heavy (non-hydrogen) atoms. The monoisotopic (exact) mass is 584 g/mol. The highest BCUT2D eigenvalue weighted by Crippen LogP contribution is 2.75. The minimum atomic E-state index is -1.97. The van der Waals surface area contributed by atoms with Gasteiger partial charge in [-0.2, -0.15) is 0 Å². The zero-order valence-electron chi connectivity index (χ0n) is 25.0. The number of allylic oxidation sites excluding steroid dienone is 1. The average Bonchev–Trinajstić information content (AvgIpc) is 3.49. The summed E-state index contributed by atoms with van der Waals surface area (Å²) < 4.78 is 28.7. The number of carbonyl (C=O) groups excluding carboxylic acids is 3. The SMILES string of the molecule is CC=C(C)C(=O)OC1C2C=C3C4CC(=O)OC(c5ccoc5)C4(C)CCC3(O)C3(C)C(CC(=O)OC)C1(C)COC23O. The summed E-state index contributed by atoms with van der Waals surface area (Å²) in [4.78, 5) is 39.2. The van der Waals surface area contributed by atoms with Crippen LogP contribution in [0.4, 0.5) is 0 Å². The Hall–Kier alpha value is -2.95. The second kappa shape index (κ2) is 9.27. The van der Waals surface area contributed by atoms with Crippen LogP contribution in [-0.2, 0) is 33.3 Å². The summed E-state index contributed by atoms with van der Waals surface area (Å²) in [6.07, 6.45) is 5.66. The topological polar surface area (TPSA) is 142 Å². The van der Waals surface area contributed by atoms with E-state index in [0.717, 1.165) is 5.56 Å². The van der Waals surface area contributed by atoms with Gasteiger partial charge in [0.1, 0.15) is 12.2 Å². The molecule has 0 amide bonds. The number of fused-ring (bicyclic) bond motifs is 4. The summed E-state index contributed by atoms with van der Waals surface area (Å²) in [7, 11) is 1.30. The summed E-state index contributed by atoms with van der Waals surface area (Å²) >= 11 is 0. The van der Waals surface area contributed by atoms with Crippen molar-refractivity contribution in [1.29, 1.82) is 0 Å². The average molecular weight is 585 g/mol. The third-order valence-corrected chi connectivity index (χ3v) is 11.8. The van der Waals surface area contributed by atoms with Crippen molar-refractivity contribution in [3.63, 3.8) is 0 Å². The first-order chi connectivity index (χ1) is 19.7. The van der Waals surface area contributed by atoms with E-state index in [1.54, 1.807) is 45.3 Å². The molecule has 3 saturated heterocycles. The zero-order valence-corrected chi connectivity index (χ0v) is 25.0. The number of hydrogen-bond acceptors (Lipinski definition) is 10. The highest BCUT2D eigenvalue weighted by Gasteiger charge is 2.82. The van der Waals surface area contributed by atoms with E-state index in [1.165, 1.54) is 13.4 Å². The van der Waals surface area contributed by atoms with Gasteiger partial charge in [-0.15, -0.1) is 0 Å². The fourth-order valence-corrected chi connectivity index (χ4v) is 9.20. The number of furan rings is 1. The molecular weight excluding hydrogens is 544 g/mol. The van der Waals surface area contributed by atoms with Crippen molar-refractivity contribution in [2.24, 2.45) is 34.0 Å². The molecule has 10 atom stereocenters. The molecule has 0 radical (unpaired) electrons. The Balaban J connectivity index is 1.56. The molecule has 2 saturated carbocycles. The second-order valence-corrected chi connectivity index (χ2v) is 13.5. The number of esters is 3. The number of methoxy groups -OCH3 is 1. The van der Waals surface area contributed by atoms with Gasteiger partial charge in [0.05, 0.1) is 49.6 Å². The lowest BCUT2D eigenvalue weighted by Gasteiger charge is -2.75. The Labute approximate surface area is 245 Å². The van der Waals surface area contributed by atoms with Gasteiger partial charge in [0, 0.05) is 34.3 Å². The van der Waals surface area contributed by atoms with Gasteiger partial charge in [-0.1, -0.05) is 32.9 Å². The Morgan fingerprint density at radius 3 is 2.55 bits per heavy atom. The quantitative estimate of drug-likeness (QED) is 0.227. The van der Waals surface area contributed by atoms with Gasteiger partial charge < -0.3 is 33.6 Å². The van der Waals surface area contributed by atoms with Crippen LogP contribution in [0.25, 0.3) is 0 Å². The predicted molar refractivity (Wildman–Crippen MR) is 146 cm³/mol. The minimum absolute atomic E-state index is 0.0133. The number of cyclic esters (lactones) is 1. The molecule has 0 aromatic carbocycles. The van der Waals surface area contributed by atoms with Crippen LogP contribution < -0.4 is 0 Å². The van der Waals surface area contributed by atoms with Crippen molar-refractivity contribution < 1.29 is 48.0 Å². The molecule has 228 valence electrons. The van der Waals surface area contributed by atoms with Crippen LogP contribution in [-0.4, -0.2) is 59.3 Å². The molecule has 0 spiro atoms. The Morgan fingerprint density at radius 2 is 1.90 bits per heavy atom. The minimum Gasteiger partial charge on any atom is -0.472 e. The Bertz CT molecular complexity index is 1380. The van der Waals surface area contributed by atoms with E-state index in [1.807, 2.05) is 13.8 Å². The highest BCUT2D eigenvalue weighted by atomic mass is 16.6. The lowest BCUT2D eigenvalue weighted by atomic mass is 9.36. The molecule has 4 bridgehead atoms. The highest BCUT2D eigenvalue weighted by molar-refractivity contribution is 5.88. The van der Waals surface area contributed by atoms with Gasteiger partial charge in [0.2, 0.25) is 0 Å². The number of ether oxygens (including phenoxy) is 4. The lowest BCUT2D eigenvalue weighted by Crippen LogP contribution is -2.84. The van der Waals surface area contributed by atoms with Crippen molar-refractivity contribution >= 4 is 17.9 Å². The summed E-state index contributed by atoms with van der Waals surface area (Å²) in [5, 5.41) is 25.5. The molecule has 5 fully saturated rings. The lowest BCUT2D eigenvalue weighted by molar-refractivity contribution is -0.445. The van der Waals surface area contributed by atoms with Crippen LogP contribution in [0.2, 0.25) is 0 Å². The van der Waals surface area contributed by atoms with Gasteiger partial charge in [-0.05, 0) is 44.2 Å². The van der Waals surface area contributed by atoms with Crippen LogP contribution in [0.3, 0.4) is 0 Å². The molecule has 2 N–H and O–H groups in total. The smallest absolute Gasteiger partial charge is 0.333 e. The van der Waals surface area contributed by atoms with E-state index in [9.17, 15) is 24.6 Å². The van der Waals surface area contributed by atoms with Gasteiger partial charge in [0.15, 0.2) is 5.79 Å². The molecule has 7 rings (SSSR count). The van der Waals surface area contributed by atoms with Crippen LogP contribution in [0.15, 0.2) is 46.3 Å². The third-order valence-electron chi connectivity index (χ3n) is 11.8. The van der Waals surface area contributed by atoms with Crippen molar-refractivity contribution in [3.8, 4) is 0 Å². The van der Waals surface area contributed by atoms with E-state index in [-0.39, 0.29) is 25.9 Å². The van der Waals surface area contributed by atoms with Crippen LogP contribution >= 0.6 is 0 Å².